The van der Waals surface area contributed by atoms with Crippen LogP contribution in [-0.2, 0) is 10.3 Å². The fourth-order valence-corrected chi connectivity index (χ4v) is 0.408. The fraction of sp³-hybridized carbons (Fsp3) is 0.667. The van der Waals surface area contributed by atoms with Gasteiger partial charge in [0.2, 0.25) is 10.3 Å². The molecule has 0 saturated heterocycles. The van der Waals surface area contributed by atoms with E-state index in [0.29, 0.717) is 6.42 Å². The Morgan fingerprint density at radius 2 is 2.17 bits per heavy atom. The topological polar surface area (TPSA) is 34.1 Å². The van der Waals surface area contributed by atoms with E-state index < -0.39 is 10.3 Å². The van der Waals surface area contributed by atoms with E-state index in [1.807, 2.05) is 0 Å². The molecule has 0 aliphatic rings. The molecule has 2 nitrogen and oxygen atoms in total. The van der Waals surface area contributed by atoms with Gasteiger partial charge in [0, 0.05) is 5.37 Å². The third kappa shape index (κ3) is 3.69. The van der Waals surface area contributed by atoms with Crippen LogP contribution in [0.1, 0.15) is 13.3 Å². The molecule has 3 heteroatoms. The lowest BCUT2D eigenvalue weighted by atomic mass is 10.6. The van der Waals surface area contributed by atoms with Crippen LogP contribution >= 0.6 is 0 Å². The van der Waals surface area contributed by atoms with E-state index in [1.165, 1.54) is 5.37 Å². The summed E-state index contributed by atoms with van der Waals surface area (Å²) >= 11 is 0. The summed E-state index contributed by atoms with van der Waals surface area (Å²) in [5.74, 6) is 0. The molecule has 0 amide bonds. The average molecular weight is 106 g/mol. The molecule has 0 aliphatic carbocycles. The lowest BCUT2D eigenvalue weighted by molar-refractivity contribution is 0.627. The zero-order valence-electron chi connectivity index (χ0n) is 3.51. The predicted octanol–water partition coefficient (Wildman–Crippen LogP) is 0.0777. The summed E-state index contributed by atoms with van der Waals surface area (Å²) in [7, 11) is -1.94. The van der Waals surface area contributed by atoms with Crippen LogP contribution in [0.15, 0.2) is 0 Å². The van der Waals surface area contributed by atoms with Crippen molar-refractivity contribution in [3.05, 3.63) is 0 Å². The van der Waals surface area contributed by atoms with Gasteiger partial charge in [-0.1, -0.05) is 6.92 Å². The van der Waals surface area contributed by atoms with Gasteiger partial charge >= 0.3 is 0 Å². The maximum absolute atomic E-state index is 9.54. The third-order valence-electron chi connectivity index (χ3n) is 0.303. The molecule has 0 fully saturated rings. The summed E-state index contributed by atoms with van der Waals surface area (Å²) in [4.78, 5) is 0. The van der Waals surface area contributed by atoms with Crippen molar-refractivity contribution in [1.29, 1.82) is 0 Å². The maximum Gasteiger partial charge on any atom is 0.209 e. The summed E-state index contributed by atoms with van der Waals surface area (Å²) in [5.41, 5.74) is 0. The van der Waals surface area contributed by atoms with Gasteiger partial charge in [0.05, 0.1) is 0 Å². The molecule has 36 valence electrons. The molecule has 0 aromatic rings. The van der Waals surface area contributed by atoms with Crippen molar-refractivity contribution >= 4 is 15.7 Å². The Bertz CT molecular complexity index is 123. The van der Waals surface area contributed by atoms with Crippen molar-refractivity contribution in [1.82, 2.24) is 0 Å². The standard InChI is InChI=1S/C3H6O2S/c1-2-3-6(4)5/h3H,2H2,1H3. The minimum Gasteiger partial charge on any atom is -0.185 e. The van der Waals surface area contributed by atoms with Crippen LogP contribution < -0.4 is 0 Å². The molecule has 0 heterocycles. The second-order valence-corrected chi connectivity index (χ2v) is 1.69. The largest absolute Gasteiger partial charge is 0.209 e. The minimum atomic E-state index is -1.94. The van der Waals surface area contributed by atoms with Crippen molar-refractivity contribution in [2.24, 2.45) is 0 Å². The quantitative estimate of drug-likeness (QED) is 0.443. The van der Waals surface area contributed by atoms with E-state index >= 15 is 0 Å². The van der Waals surface area contributed by atoms with E-state index in [1.54, 1.807) is 6.92 Å². The Hall–Kier alpha value is -0.310. The first-order chi connectivity index (χ1) is 2.77. The highest BCUT2D eigenvalue weighted by molar-refractivity contribution is 7.71. The van der Waals surface area contributed by atoms with Crippen LogP contribution in [0.2, 0.25) is 0 Å². The van der Waals surface area contributed by atoms with Crippen LogP contribution in [0.25, 0.3) is 0 Å². The predicted molar refractivity (Wildman–Crippen MR) is 25.3 cm³/mol. The van der Waals surface area contributed by atoms with E-state index in [4.69, 9.17) is 0 Å². The number of hydrogen-bond acceptors (Lipinski definition) is 2. The van der Waals surface area contributed by atoms with Gasteiger partial charge in [-0.2, -0.15) is 8.42 Å². The Morgan fingerprint density at radius 3 is 2.17 bits per heavy atom. The first-order valence-electron chi connectivity index (χ1n) is 1.68. The average Bonchev–Trinajstić information content (AvgIpc) is 1.35. The molecule has 0 N–H and O–H groups in total. The van der Waals surface area contributed by atoms with Crippen molar-refractivity contribution in [3.8, 4) is 0 Å². The lowest BCUT2D eigenvalue weighted by Gasteiger charge is -1.57. The Labute approximate surface area is 38.3 Å². The molecule has 0 radical (unpaired) electrons. The van der Waals surface area contributed by atoms with Gasteiger partial charge in [-0.05, 0) is 6.42 Å². The summed E-state index contributed by atoms with van der Waals surface area (Å²) in [6.07, 6.45) is 0.593. The Morgan fingerprint density at radius 1 is 1.67 bits per heavy atom. The van der Waals surface area contributed by atoms with Crippen LogP contribution in [0.3, 0.4) is 0 Å². The first-order valence-corrected chi connectivity index (χ1v) is 2.82. The molecule has 0 aliphatic heterocycles. The first kappa shape index (κ1) is 5.69. The van der Waals surface area contributed by atoms with Gasteiger partial charge in [0.25, 0.3) is 0 Å². The number of hydrogen-bond donors (Lipinski definition) is 0. The molecule has 6 heavy (non-hydrogen) atoms. The van der Waals surface area contributed by atoms with E-state index in [2.05, 4.69) is 0 Å². The SMILES string of the molecule is CCC=S(=O)=O. The van der Waals surface area contributed by atoms with E-state index in [-0.39, 0.29) is 0 Å². The normalized spacial score (nSPS) is 7.50. The van der Waals surface area contributed by atoms with Gasteiger partial charge in [0.1, 0.15) is 0 Å². The molecule has 0 aromatic heterocycles. The van der Waals surface area contributed by atoms with Crippen LogP contribution in [0.5, 0.6) is 0 Å². The monoisotopic (exact) mass is 106 g/mol. The zero-order valence-corrected chi connectivity index (χ0v) is 4.33. The maximum atomic E-state index is 9.54. The van der Waals surface area contributed by atoms with Gasteiger partial charge < -0.3 is 0 Å². The summed E-state index contributed by atoms with van der Waals surface area (Å²) < 4.78 is 19.1. The highest BCUT2D eigenvalue weighted by Gasteiger charge is 1.61. The molecule has 0 saturated carbocycles. The fourth-order valence-electron chi connectivity index (χ4n) is 0.136. The van der Waals surface area contributed by atoms with Crippen LogP contribution in [0, 0.1) is 0 Å². The second-order valence-electron chi connectivity index (χ2n) is 0.835. The van der Waals surface area contributed by atoms with Crippen molar-refractivity contribution in [3.63, 3.8) is 0 Å². The van der Waals surface area contributed by atoms with Crippen LogP contribution in [-0.4, -0.2) is 13.8 Å². The van der Waals surface area contributed by atoms with E-state index in [0.717, 1.165) is 0 Å². The molecular formula is C3H6O2S. The highest BCUT2D eigenvalue weighted by atomic mass is 32.2. The summed E-state index contributed by atoms with van der Waals surface area (Å²) in [6.45, 7) is 1.77. The molecule has 0 atom stereocenters. The smallest absolute Gasteiger partial charge is 0.185 e. The highest BCUT2D eigenvalue weighted by Crippen LogP contribution is 1.57. The van der Waals surface area contributed by atoms with Crippen LogP contribution in [0.4, 0.5) is 0 Å². The van der Waals surface area contributed by atoms with Gasteiger partial charge in [-0.15, -0.1) is 0 Å². The van der Waals surface area contributed by atoms with Crippen molar-refractivity contribution < 1.29 is 8.42 Å². The molecule has 0 rings (SSSR count). The Balaban J connectivity index is 3.78. The molecule has 0 spiro atoms. The van der Waals surface area contributed by atoms with Gasteiger partial charge in [0.15, 0.2) is 0 Å². The molecule has 0 aromatic carbocycles. The summed E-state index contributed by atoms with van der Waals surface area (Å²) in [6, 6.07) is 0. The summed E-state index contributed by atoms with van der Waals surface area (Å²) in [5, 5.41) is 1.21. The minimum absolute atomic E-state index is 0.593. The lowest BCUT2D eigenvalue weighted by Crippen LogP contribution is -1.65. The Kier molecular flexibility index (Phi) is 2.75. The van der Waals surface area contributed by atoms with Crippen molar-refractivity contribution in [2.45, 2.75) is 13.3 Å². The number of rotatable bonds is 1. The molecule has 0 bridgehead atoms. The van der Waals surface area contributed by atoms with Gasteiger partial charge in [-0.3, -0.25) is 0 Å². The molecular weight excluding hydrogens is 100 g/mol. The van der Waals surface area contributed by atoms with E-state index in [9.17, 15) is 8.42 Å². The zero-order chi connectivity index (χ0) is 4.99. The third-order valence-corrected chi connectivity index (χ3v) is 0.908. The molecule has 0 unspecified atom stereocenters. The van der Waals surface area contributed by atoms with Crippen molar-refractivity contribution in [2.75, 3.05) is 0 Å². The second kappa shape index (κ2) is 2.90. The van der Waals surface area contributed by atoms with Gasteiger partial charge in [-0.25, -0.2) is 0 Å².